The van der Waals surface area contributed by atoms with Crippen LogP contribution in [0.15, 0.2) is 115 Å². The highest BCUT2D eigenvalue weighted by molar-refractivity contribution is 5.65. The summed E-state index contributed by atoms with van der Waals surface area (Å²) in [7, 11) is 0. The summed E-state index contributed by atoms with van der Waals surface area (Å²) in [6.45, 7) is 2.36. The minimum Gasteiger partial charge on any atom is -0.333 e. The van der Waals surface area contributed by atoms with E-state index in [1.807, 2.05) is 0 Å². The van der Waals surface area contributed by atoms with Gasteiger partial charge in [0.2, 0.25) is 0 Å². The van der Waals surface area contributed by atoms with Gasteiger partial charge in [0.25, 0.3) is 0 Å². The average molecular weight is 402 g/mol. The predicted molar refractivity (Wildman–Crippen MR) is 121 cm³/mol. The molecule has 0 spiro atoms. The lowest BCUT2D eigenvalue weighted by atomic mass is 9.69. The zero-order valence-corrected chi connectivity index (χ0v) is 17.4. The molecular formula is C29H23NO. The van der Waals surface area contributed by atoms with Crippen LogP contribution < -0.4 is 0 Å². The molecule has 0 saturated carbocycles. The first-order valence-corrected chi connectivity index (χ1v) is 11.0. The van der Waals surface area contributed by atoms with E-state index in [2.05, 4.69) is 127 Å². The van der Waals surface area contributed by atoms with Crippen molar-refractivity contribution in [1.82, 2.24) is 4.90 Å². The van der Waals surface area contributed by atoms with E-state index in [0.29, 0.717) is 6.04 Å². The van der Waals surface area contributed by atoms with Crippen molar-refractivity contribution in [2.45, 2.75) is 29.8 Å². The standard InChI is InChI=1S/C29H23NO/c1-21-27(22-13-5-2-6-14-22)28(23-15-7-3-8-16-23)25-19-11-12-20-26(25)29(31-28,30(21)27)24-17-9-4-10-18-24/h2-21H,1H3/t21-,27-,28+,29+,30?/m1/s1. The lowest BCUT2D eigenvalue weighted by Crippen LogP contribution is -2.42. The first-order chi connectivity index (χ1) is 15.3. The van der Waals surface area contributed by atoms with Crippen LogP contribution in [0.1, 0.15) is 34.7 Å². The molecule has 2 bridgehead atoms. The van der Waals surface area contributed by atoms with Gasteiger partial charge in [0.05, 0.1) is 0 Å². The van der Waals surface area contributed by atoms with Gasteiger partial charge in [0, 0.05) is 17.2 Å². The minimum atomic E-state index is -0.594. The van der Waals surface area contributed by atoms with Crippen LogP contribution >= 0.6 is 0 Å². The zero-order valence-electron chi connectivity index (χ0n) is 17.4. The molecule has 5 atom stereocenters. The van der Waals surface area contributed by atoms with Gasteiger partial charge in [0.15, 0.2) is 5.72 Å². The fourth-order valence-electron chi connectivity index (χ4n) is 6.69. The van der Waals surface area contributed by atoms with Crippen LogP contribution in [0.3, 0.4) is 0 Å². The zero-order chi connectivity index (χ0) is 20.7. The molecule has 150 valence electrons. The van der Waals surface area contributed by atoms with E-state index >= 15 is 0 Å². The summed E-state index contributed by atoms with van der Waals surface area (Å²) in [6, 6.07) is 41.7. The maximum absolute atomic E-state index is 7.41. The summed E-state index contributed by atoms with van der Waals surface area (Å²) in [5, 5.41) is 0. The highest BCUT2D eigenvalue weighted by Gasteiger charge is 2.89. The molecule has 1 unspecified atom stereocenters. The Bertz CT molecular complexity index is 1290. The molecule has 4 aromatic rings. The largest absolute Gasteiger partial charge is 0.333 e. The lowest BCUT2D eigenvalue weighted by Gasteiger charge is -2.37. The second-order valence-electron chi connectivity index (χ2n) is 8.88. The molecule has 3 aliphatic rings. The number of rotatable bonds is 3. The third-order valence-electron chi connectivity index (χ3n) is 7.71. The molecule has 0 aromatic heterocycles. The molecular weight excluding hydrogens is 378 g/mol. The normalized spacial score (nSPS) is 34.2. The van der Waals surface area contributed by atoms with Crippen LogP contribution in [0.5, 0.6) is 0 Å². The van der Waals surface area contributed by atoms with Gasteiger partial charge in [-0.25, -0.2) is 4.90 Å². The molecule has 31 heavy (non-hydrogen) atoms. The molecule has 0 aliphatic carbocycles. The van der Waals surface area contributed by atoms with E-state index in [9.17, 15) is 0 Å². The van der Waals surface area contributed by atoms with E-state index < -0.39 is 11.3 Å². The lowest BCUT2D eigenvalue weighted by molar-refractivity contribution is -0.0999. The Morgan fingerprint density at radius 2 is 1.06 bits per heavy atom. The van der Waals surface area contributed by atoms with Crippen molar-refractivity contribution in [2.75, 3.05) is 0 Å². The topological polar surface area (TPSA) is 12.2 Å². The maximum Gasteiger partial charge on any atom is 0.177 e. The smallest absolute Gasteiger partial charge is 0.177 e. The summed E-state index contributed by atoms with van der Waals surface area (Å²) in [5.74, 6) is 0. The summed E-state index contributed by atoms with van der Waals surface area (Å²) < 4.78 is 7.41. The Labute approximate surface area is 182 Å². The van der Waals surface area contributed by atoms with Gasteiger partial charge in [-0.2, -0.15) is 0 Å². The second kappa shape index (κ2) is 5.73. The number of hydrogen-bond donors (Lipinski definition) is 0. The Hall–Kier alpha value is -3.20. The molecule has 2 fully saturated rings. The number of fused-ring (bicyclic) bond motifs is 8. The SMILES string of the molecule is C[C@H]1N2[C@@]3(c4ccccc4)O[C@@](c4ccccc4)(c4ccccc43)[C@]12c1ccccc1. The molecule has 3 heterocycles. The predicted octanol–water partition coefficient (Wildman–Crippen LogP) is 5.77. The van der Waals surface area contributed by atoms with Crippen LogP contribution in [0.4, 0.5) is 0 Å². The highest BCUT2D eigenvalue weighted by atomic mass is 16.6. The van der Waals surface area contributed by atoms with Crippen molar-refractivity contribution in [1.29, 1.82) is 0 Å². The Morgan fingerprint density at radius 3 is 1.68 bits per heavy atom. The van der Waals surface area contributed by atoms with Gasteiger partial charge >= 0.3 is 0 Å². The van der Waals surface area contributed by atoms with E-state index in [4.69, 9.17) is 4.74 Å². The van der Waals surface area contributed by atoms with Crippen molar-refractivity contribution < 1.29 is 4.74 Å². The molecule has 7 rings (SSSR count). The molecule has 3 aliphatic heterocycles. The van der Waals surface area contributed by atoms with Gasteiger partial charge < -0.3 is 4.74 Å². The Balaban J connectivity index is 1.63. The molecule has 0 N–H and O–H groups in total. The van der Waals surface area contributed by atoms with Crippen molar-refractivity contribution >= 4 is 0 Å². The monoisotopic (exact) mass is 401 g/mol. The highest BCUT2D eigenvalue weighted by Crippen LogP contribution is 2.80. The fourth-order valence-corrected chi connectivity index (χ4v) is 6.69. The first-order valence-electron chi connectivity index (χ1n) is 11.0. The molecule has 0 radical (unpaired) electrons. The fraction of sp³-hybridized carbons (Fsp3) is 0.172. The van der Waals surface area contributed by atoms with Crippen LogP contribution in [-0.4, -0.2) is 10.9 Å². The third-order valence-corrected chi connectivity index (χ3v) is 7.71. The van der Waals surface area contributed by atoms with Crippen LogP contribution in [0.2, 0.25) is 0 Å². The van der Waals surface area contributed by atoms with Gasteiger partial charge in [-0.15, -0.1) is 0 Å². The van der Waals surface area contributed by atoms with Crippen LogP contribution in [0, 0.1) is 0 Å². The molecule has 2 nitrogen and oxygen atoms in total. The average Bonchev–Trinajstić information content (AvgIpc) is 3.24. The van der Waals surface area contributed by atoms with Crippen molar-refractivity contribution in [3.8, 4) is 0 Å². The van der Waals surface area contributed by atoms with E-state index in [0.717, 1.165) is 0 Å². The summed E-state index contributed by atoms with van der Waals surface area (Å²) >= 11 is 0. The second-order valence-corrected chi connectivity index (χ2v) is 8.88. The summed E-state index contributed by atoms with van der Waals surface area (Å²) in [5.41, 5.74) is 4.87. The first kappa shape index (κ1) is 17.5. The van der Waals surface area contributed by atoms with Crippen LogP contribution in [-0.2, 0) is 21.6 Å². The minimum absolute atomic E-state index is 0.250. The van der Waals surface area contributed by atoms with E-state index in [1.165, 1.54) is 27.8 Å². The molecule has 4 aromatic carbocycles. The number of benzene rings is 4. The number of hydrogen-bond acceptors (Lipinski definition) is 2. The molecule has 0 amide bonds. The Morgan fingerprint density at radius 1 is 0.581 bits per heavy atom. The van der Waals surface area contributed by atoms with Crippen LogP contribution in [0.25, 0.3) is 0 Å². The summed E-state index contributed by atoms with van der Waals surface area (Å²) in [4.78, 5) is 2.61. The van der Waals surface area contributed by atoms with E-state index in [-0.39, 0.29) is 5.54 Å². The van der Waals surface area contributed by atoms with Crippen molar-refractivity contribution in [3.05, 3.63) is 143 Å². The Kier molecular flexibility index (Phi) is 3.23. The van der Waals surface area contributed by atoms with Gasteiger partial charge in [-0.1, -0.05) is 115 Å². The maximum atomic E-state index is 7.41. The quantitative estimate of drug-likeness (QED) is 0.404. The van der Waals surface area contributed by atoms with Crippen molar-refractivity contribution in [2.24, 2.45) is 0 Å². The number of ether oxygens (including phenoxy) is 1. The molecule has 2 saturated heterocycles. The van der Waals surface area contributed by atoms with E-state index in [1.54, 1.807) is 0 Å². The van der Waals surface area contributed by atoms with Gasteiger partial charge in [0.1, 0.15) is 11.1 Å². The third kappa shape index (κ3) is 1.76. The summed E-state index contributed by atoms with van der Waals surface area (Å²) in [6.07, 6.45) is 0. The number of nitrogens with zero attached hydrogens (tertiary/aromatic N) is 1. The van der Waals surface area contributed by atoms with Crippen molar-refractivity contribution in [3.63, 3.8) is 0 Å². The molecule has 2 heteroatoms. The van der Waals surface area contributed by atoms with Gasteiger partial charge in [-0.3, -0.25) is 0 Å². The van der Waals surface area contributed by atoms with Gasteiger partial charge in [-0.05, 0) is 23.6 Å².